The average molecular weight is 519 g/mol. The summed E-state index contributed by atoms with van der Waals surface area (Å²) >= 11 is 0. The van der Waals surface area contributed by atoms with Crippen molar-refractivity contribution in [3.8, 4) is 5.75 Å². The summed E-state index contributed by atoms with van der Waals surface area (Å²) in [5, 5.41) is 28.5. The zero-order chi connectivity index (χ0) is 27.1. The number of phenols is 1. The number of rotatable bonds is 7. The summed E-state index contributed by atoms with van der Waals surface area (Å²) in [5.74, 6) is -2.68. The molecule has 2 amide bonds. The molecule has 1 aliphatic carbocycles. The molecule has 2 fully saturated rings. The van der Waals surface area contributed by atoms with Crippen LogP contribution in [0.15, 0.2) is 59.2 Å². The maximum atomic E-state index is 13.7. The number of imide groups is 1. The van der Waals surface area contributed by atoms with E-state index in [2.05, 4.69) is 6.92 Å². The predicted octanol–water partition coefficient (Wildman–Crippen LogP) is 3.33. The average Bonchev–Trinajstić information content (AvgIpc) is 3.43. The molecule has 2 saturated heterocycles. The molecule has 7 nitrogen and oxygen atoms in total. The molecule has 2 aromatic carbocycles. The van der Waals surface area contributed by atoms with Gasteiger partial charge in [0.2, 0.25) is 11.8 Å². The number of ether oxygens (including phenoxy) is 1. The Labute approximate surface area is 221 Å². The molecular formula is C29H31BFNO6. The number of anilines is 1. The Morgan fingerprint density at radius 1 is 1.16 bits per heavy atom. The predicted molar refractivity (Wildman–Crippen MR) is 142 cm³/mol. The van der Waals surface area contributed by atoms with E-state index in [9.17, 15) is 29.1 Å². The number of phenolic OH excluding ortho intramolecular Hbond substituents is 1. The fraction of sp³-hybridized carbons (Fsp3) is 0.379. The summed E-state index contributed by atoms with van der Waals surface area (Å²) in [7, 11) is -1.69. The molecule has 5 rings (SSSR count). The number of halogens is 1. The lowest BCUT2D eigenvalue weighted by Crippen LogP contribution is -2.35. The zero-order valence-electron chi connectivity index (χ0n) is 21.4. The quantitative estimate of drug-likeness (QED) is 0.295. The lowest BCUT2D eigenvalue weighted by atomic mass is 9.69. The first kappa shape index (κ1) is 26.3. The van der Waals surface area contributed by atoms with E-state index in [-0.39, 0.29) is 35.0 Å². The van der Waals surface area contributed by atoms with Crippen LogP contribution >= 0.6 is 0 Å². The normalized spacial score (nSPS) is 25.2. The van der Waals surface area contributed by atoms with E-state index in [1.807, 2.05) is 13.0 Å². The Morgan fingerprint density at radius 2 is 1.95 bits per heavy atom. The highest BCUT2D eigenvalue weighted by atomic mass is 19.1. The molecule has 3 N–H and O–H groups in total. The number of hydrogen-bond acceptors (Lipinski definition) is 6. The summed E-state index contributed by atoms with van der Waals surface area (Å²) < 4.78 is 19.9. The fourth-order valence-corrected chi connectivity index (χ4v) is 6.22. The van der Waals surface area contributed by atoms with E-state index < -0.39 is 24.8 Å². The summed E-state index contributed by atoms with van der Waals surface area (Å²) in [6.45, 7) is 4.40. The number of allylic oxidation sites excluding steroid dienone is 2. The van der Waals surface area contributed by atoms with Crippen LogP contribution in [0.5, 0.6) is 5.75 Å². The SMILES string of the molecule is CCC1=C2[C@@H](CC/C(C)=C/c3ccc(O)c(F)c3)OC[C@@H]2[C@@H]2C(=O)N(c3cccc(B(O)O)c3)C(=O)[C@@H]2C1. The number of carbonyl (C=O) groups excluding carboxylic acids is 2. The molecule has 9 heteroatoms. The molecule has 198 valence electrons. The van der Waals surface area contributed by atoms with Crippen LogP contribution in [0, 0.1) is 23.6 Å². The molecule has 2 aliphatic heterocycles. The van der Waals surface area contributed by atoms with E-state index in [4.69, 9.17) is 4.74 Å². The van der Waals surface area contributed by atoms with Crippen LogP contribution in [0.1, 0.15) is 45.1 Å². The molecule has 38 heavy (non-hydrogen) atoms. The molecule has 0 unspecified atom stereocenters. The monoisotopic (exact) mass is 519 g/mol. The standard InChI is InChI=1S/C29H31BFNO6/c1-3-18-13-21-27(29(35)32(28(21)34)20-6-4-5-19(14-20)30(36)37)22-15-38-25(26(18)22)10-7-16(2)11-17-8-9-24(33)23(31)12-17/h4-6,8-9,11-12,14,21-22,25,27,33,36-37H,3,7,10,13,15H2,1-2H3/b16-11+/t21-,22+,25-,27-/m1/s1. The molecular weight excluding hydrogens is 488 g/mol. The van der Waals surface area contributed by atoms with Gasteiger partial charge in [-0.3, -0.25) is 14.5 Å². The van der Waals surface area contributed by atoms with Crippen molar-refractivity contribution >= 4 is 36.2 Å². The number of carbonyl (C=O) groups is 2. The Hall–Kier alpha value is -3.27. The molecule has 3 aliphatic rings. The van der Waals surface area contributed by atoms with Crippen LogP contribution < -0.4 is 10.4 Å². The summed E-state index contributed by atoms with van der Waals surface area (Å²) in [4.78, 5) is 28.3. The number of fused-ring (bicyclic) bond motifs is 3. The van der Waals surface area contributed by atoms with Crippen LogP contribution in [-0.2, 0) is 14.3 Å². The second kappa shape index (κ2) is 10.5. The van der Waals surface area contributed by atoms with Crippen LogP contribution in [-0.4, -0.2) is 46.8 Å². The molecule has 0 saturated carbocycles. The van der Waals surface area contributed by atoms with Crippen molar-refractivity contribution in [2.75, 3.05) is 11.5 Å². The van der Waals surface area contributed by atoms with E-state index in [1.54, 1.807) is 18.2 Å². The minimum atomic E-state index is -1.69. The van der Waals surface area contributed by atoms with Gasteiger partial charge in [-0.1, -0.05) is 42.3 Å². The van der Waals surface area contributed by atoms with Crippen molar-refractivity contribution in [2.24, 2.45) is 17.8 Å². The lowest BCUT2D eigenvalue weighted by Gasteiger charge is -2.31. The van der Waals surface area contributed by atoms with Crippen LogP contribution in [0.3, 0.4) is 0 Å². The largest absolute Gasteiger partial charge is 0.505 e. The van der Waals surface area contributed by atoms with Gasteiger partial charge in [0, 0.05) is 5.92 Å². The lowest BCUT2D eigenvalue weighted by molar-refractivity contribution is -0.122. The molecule has 0 aromatic heterocycles. The van der Waals surface area contributed by atoms with E-state index in [0.717, 1.165) is 17.6 Å². The van der Waals surface area contributed by atoms with Gasteiger partial charge in [-0.25, -0.2) is 4.39 Å². The minimum absolute atomic E-state index is 0.152. The first-order chi connectivity index (χ1) is 18.2. The second-order valence-corrected chi connectivity index (χ2v) is 10.4. The van der Waals surface area contributed by atoms with Gasteiger partial charge in [0.05, 0.1) is 30.2 Å². The zero-order valence-corrected chi connectivity index (χ0v) is 21.4. The highest BCUT2D eigenvalue weighted by molar-refractivity contribution is 6.58. The number of amides is 2. The van der Waals surface area contributed by atoms with Crippen molar-refractivity contribution in [1.82, 2.24) is 0 Å². The highest BCUT2D eigenvalue weighted by Gasteiger charge is 2.57. The molecule has 0 spiro atoms. The Morgan fingerprint density at radius 3 is 2.66 bits per heavy atom. The molecule has 4 atom stereocenters. The minimum Gasteiger partial charge on any atom is -0.505 e. The first-order valence-corrected chi connectivity index (χ1v) is 13.0. The Balaban J connectivity index is 1.35. The van der Waals surface area contributed by atoms with Crippen molar-refractivity contribution in [3.63, 3.8) is 0 Å². The molecule has 0 bridgehead atoms. The summed E-state index contributed by atoms with van der Waals surface area (Å²) in [5.41, 5.74) is 4.59. The maximum Gasteiger partial charge on any atom is 0.488 e. The van der Waals surface area contributed by atoms with Crippen molar-refractivity contribution in [2.45, 2.75) is 45.6 Å². The summed E-state index contributed by atoms with van der Waals surface area (Å²) in [6.07, 6.45) is 4.43. The van der Waals surface area contributed by atoms with Gasteiger partial charge in [0.25, 0.3) is 0 Å². The smallest absolute Gasteiger partial charge is 0.488 e. The number of hydrogen-bond donors (Lipinski definition) is 3. The highest BCUT2D eigenvalue weighted by Crippen LogP contribution is 2.51. The Kier molecular flexibility index (Phi) is 7.27. The van der Waals surface area contributed by atoms with Gasteiger partial charge in [0.1, 0.15) is 0 Å². The third-order valence-electron chi connectivity index (χ3n) is 8.05. The first-order valence-electron chi connectivity index (χ1n) is 13.0. The third-order valence-corrected chi connectivity index (χ3v) is 8.05. The van der Waals surface area contributed by atoms with Crippen LogP contribution in [0.2, 0.25) is 0 Å². The van der Waals surface area contributed by atoms with Gasteiger partial charge >= 0.3 is 7.12 Å². The fourth-order valence-electron chi connectivity index (χ4n) is 6.22. The summed E-state index contributed by atoms with van der Waals surface area (Å²) in [6, 6.07) is 10.5. The molecule has 0 radical (unpaired) electrons. The van der Waals surface area contributed by atoms with Crippen LogP contribution in [0.4, 0.5) is 10.1 Å². The topological polar surface area (TPSA) is 107 Å². The van der Waals surface area contributed by atoms with Crippen LogP contribution in [0.25, 0.3) is 6.08 Å². The van der Waals surface area contributed by atoms with Gasteiger partial charge in [-0.2, -0.15) is 0 Å². The van der Waals surface area contributed by atoms with Gasteiger partial charge in [-0.15, -0.1) is 0 Å². The number of nitrogens with zero attached hydrogens (tertiary/aromatic N) is 1. The van der Waals surface area contributed by atoms with Crippen molar-refractivity contribution in [3.05, 3.63) is 70.6 Å². The number of benzene rings is 2. The second-order valence-electron chi connectivity index (χ2n) is 10.4. The maximum absolute atomic E-state index is 13.7. The Bertz CT molecular complexity index is 1340. The number of aromatic hydroxyl groups is 1. The van der Waals surface area contributed by atoms with E-state index in [0.29, 0.717) is 37.1 Å². The third kappa shape index (κ3) is 4.70. The van der Waals surface area contributed by atoms with Gasteiger partial charge < -0.3 is 19.9 Å². The van der Waals surface area contributed by atoms with Crippen molar-refractivity contribution in [1.29, 1.82) is 0 Å². The van der Waals surface area contributed by atoms with Crippen molar-refractivity contribution < 1.29 is 33.9 Å². The van der Waals surface area contributed by atoms with Gasteiger partial charge in [0.15, 0.2) is 11.6 Å². The molecule has 2 aromatic rings. The van der Waals surface area contributed by atoms with E-state index in [1.165, 1.54) is 34.7 Å². The molecule has 2 heterocycles. The van der Waals surface area contributed by atoms with Gasteiger partial charge in [-0.05, 0) is 73.5 Å². The van der Waals surface area contributed by atoms with E-state index >= 15 is 0 Å².